The number of anilines is 1. The summed E-state index contributed by atoms with van der Waals surface area (Å²) in [5.41, 5.74) is 21.3. The third kappa shape index (κ3) is 15.6. The van der Waals surface area contributed by atoms with Crippen LogP contribution in [0, 0.1) is 13.8 Å². The smallest absolute Gasteiger partial charge is 0.255 e. The molecule has 486 valence electrons. The van der Waals surface area contributed by atoms with E-state index in [1.165, 1.54) is 5.56 Å². The van der Waals surface area contributed by atoms with Gasteiger partial charge in [-0.2, -0.15) is 0 Å². The lowest BCUT2D eigenvalue weighted by Gasteiger charge is -2.10. The first kappa shape index (κ1) is 64.1. The number of hydrogen-bond acceptors (Lipinski definition) is 12. The molecule has 3 amide bonds. The Morgan fingerprint density at radius 1 is 0.515 bits per heavy atom. The minimum atomic E-state index is -0.172. The number of nitrogens with zero attached hydrogens (tertiary/aromatic N) is 9. The molecule has 0 atom stereocenters. The highest BCUT2D eigenvalue weighted by atomic mass is 16.5. The van der Waals surface area contributed by atoms with Crippen LogP contribution in [0.25, 0.3) is 89.4 Å². The Hall–Kier alpha value is -11.7. The molecule has 0 radical (unpaired) electrons. The number of nitrogens with one attached hydrogen (secondary N) is 6. The molecule has 0 aliphatic carbocycles. The zero-order valence-electron chi connectivity index (χ0n) is 55.1. The Morgan fingerprint density at radius 3 is 1.68 bits per heavy atom. The summed E-state index contributed by atoms with van der Waals surface area (Å²) in [6.07, 6.45) is 4.25. The number of imidazole rings is 3. The lowest BCUT2D eigenvalue weighted by atomic mass is 9.99. The monoisotopic (exact) mass is 1290 g/mol. The molecule has 13 aromatic rings. The van der Waals surface area contributed by atoms with Crippen molar-refractivity contribution in [2.24, 2.45) is 4.99 Å². The number of aliphatic imine (C=N–C) groups is 1. The molecule has 19 nitrogen and oxygen atoms in total. The van der Waals surface area contributed by atoms with Gasteiger partial charge in [-0.1, -0.05) is 89.6 Å². The molecule has 0 spiro atoms. The number of ether oxygens (including phenoxy) is 1. The molecular weight excluding hydrogens is 1210 g/mol. The van der Waals surface area contributed by atoms with E-state index in [9.17, 15) is 14.4 Å². The van der Waals surface area contributed by atoms with Crippen LogP contribution in [0.2, 0.25) is 0 Å². The van der Waals surface area contributed by atoms with Crippen molar-refractivity contribution in [3.05, 3.63) is 240 Å². The third-order valence-electron chi connectivity index (χ3n) is 16.9. The van der Waals surface area contributed by atoms with Crippen molar-refractivity contribution >= 4 is 67.9 Å². The van der Waals surface area contributed by atoms with Crippen LogP contribution >= 0.6 is 0 Å². The summed E-state index contributed by atoms with van der Waals surface area (Å²) < 4.78 is 7.67. The lowest BCUT2D eigenvalue weighted by molar-refractivity contribution is 0.0943. The van der Waals surface area contributed by atoms with E-state index in [0.29, 0.717) is 60.7 Å². The molecule has 1 aliphatic heterocycles. The first-order valence-electron chi connectivity index (χ1n) is 32.5. The van der Waals surface area contributed by atoms with E-state index in [0.717, 1.165) is 144 Å². The average molecular weight is 1290 g/mol. The number of aryl methyl sites for hydroxylation is 3. The van der Waals surface area contributed by atoms with Gasteiger partial charge in [0.2, 0.25) is 0 Å². The van der Waals surface area contributed by atoms with Gasteiger partial charge in [0.15, 0.2) is 0 Å². The largest absolute Gasteiger partial charge is 0.494 e. The summed E-state index contributed by atoms with van der Waals surface area (Å²) in [5.74, 6) is 2.99. The van der Waals surface area contributed by atoms with Gasteiger partial charge in [-0.25, -0.2) is 15.0 Å². The van der Waals surface area contributed by atoms with E-state index in [2.05, 4.69) is 126 Å². The molecule has 97 heavy (non-hydrogen) atoms. The molecule has 5 heterocycles. The fourth-order valence-corrected chi connectivity index (χ4v) is 11.6. The van der Waals surface area contributed by atoms with Crippen LogP contribution in [-0.4, -0.2) is 139 Å². The van der Waals surface area contributed by atoms with E-state index in [1.807, 2.05) is 172 Å². The van der Waals surface area contributed by atoms with Crippen LogP contribution in [0.1, 0.15) is 66.4 Å². The van der Waals surface area contributed by atoms with Gasteiger partial charge in [0, 0.05) is 78.2 Å². The van der Waals surface area contributed by atoms with Crippen molar-refractivity contribution < 1.29 is 19.1 Å². The Labute approximate surface area is 562 Å². The number of amides is 3. The van der Waals surface area contributed by atoms with E-state index >= 15 is 0 Å². The predicted octanol–water partition coefficient (Wildman–Crippen LogP) is 13.9. The maximum atomic E-state index is 13.0. The summed E-state index contributed by atoms with van der Waals surface area (Å²) in [6.45, 7) is 8.12. The highest BCUT2D eigenvalue weighted by Gasteiger charge is 2.19. The zero-order valence-corrected chi connectivity index (χ0v) is 55.1. The van der Waals surface area contributed by atoms with Gasteiger partial charge >= 0.3 is 0 Å². The minimum absolute atomic E-state index is 0.0675. The van der Waals surface area contributed by atoms with Crippen molar-refractivity contribution in [2.45, 2.75) is 39.7 Å². The van der Waals surface area contributed by atoms with Gasteiger partial charge in [0.1, 0.15) is 28.9 Å². The number of carbonyl (C=O) groups excluding carboxylic acids is 3. The number of fused-ring (bicyclic) bond motifs is 4. The zero-order chi connectivity index (χ0) is 66.9. The number of aromatic amines is 3. The number of H-pyrrole nitrogens is 3. The van der Waals surface area contributed by atoms with Gasteiger partial charge in [-0.05, 0) is 204 Å². The van der Waals surface area contributed by atoms with E-state index in [4.69, 9.17) is 19.7 Å². The Morgan fingerprint density at radius 2 is 1.05 bits per heavy atom. The van der Waals surface area contributed by atoms with Crippen LogP contribution in [0.4, 0.5) is 11.4 Å². The van der Waals surface area contributed by atoms with Crippen molar-refractivity contribution in [3.8, 4) is 62.0 Å². The maximum absolute atomic E-state index is 13.0. The summed E-state index contributed by atoms with van der Waals surface area (Å²) in [5, 5.41) is 17.5. The van der Waals surface area contributed by atoms with Crippen LogP contribution < -0.4 is 20.7 Å². The van der Waals surface area contributed by atoms with Gasteiger partial charge < -0.3 is 45.4 Å². The summed E-state index contributed by atoms with van der Waals surface area (Å²) in [4.78, 5) is 71.6. The molecule has 6 N–H and O–H groups in total. The van der Waals surface area contributed by atoms with Crippen molar-refractivity contribution in [2.75, 3.05) is 66.3 Å². The molecule has 0 saturated heterocycles. The topological polar surface area (TPSA) is 232 Å². The second-order valence-corrected chi connectivity index (χ2v) is 24.9. The fraction of sp³-hybridized carbons (Fsp3) is 0.192. The second-order valence-electron chi connectivity index (χ2n) is 24.9. The molecule has 0 fully saturated rings. The van der Waals surface area contributed by atoms with Gasteiger partial charge in [0.25, 0.3) is 17.7 Å². The molecule has 19 heteroatoms. The van der Waals surface area contributed by atoms with Gasteiger partial charge in [0.05, 0.1) is 57.3 Å². The number of likely N-dealkylation sites (N-methyl/N-ethyl adjacent to an activating group) is 1. The van der Waals surface area contributed by atoms with Crippen molar-refractivity contribution in [3.63, 3.8) is 0 Å². The van der Waals surface area contributed by atoms with E-state index in [1.54, 1.807) is 4.68 Å². The Balaban J connectivity index is 0.000000215. The standard InChI is InChI=1S/C52H49N9O3.C26H26N6O/c1-34-9-11-38(12-10-34)52(63)54-43-8-4-7-41(29-43)49-33-61(59-58-49)27-5-25-53-51(62)37-15-13-35(14-16-37)46-32-42-18-17-39(30-47(42)55-46)40-21-24-45-48(31-40)57-50(56-45)36-19-22-44(23-20-36)64-28-6-26-60(2)3;1-16-28-21-10-8-19(14-23(21)29-16)20-9-11-22-24(15-20)31-25(30-22)17-4-6-18(7-5-17)26(33)27-12-13-32(2)3/h4,7-24,29-31,33H,5-6,25-28,32H2,1-3H3,(H,53,62)(H,54,63)(H,56,57);4-11,14-15H,12-13H2,1-3H3,(H,27,33)(H,28,29)(H,30,31). The highest BCUT2D eigenvalue weighted by molar-refractivity contribution is 6.08. The number of rotatable bonds is 22. The molecule has 0 saturated carbocycles. The quantitative estimate of drug-likeness (QED) is 0.0349. The Kier molecular flexibility index (Phi) is 19.1. The molecule has 1 aliphatic rings. The number of carbonyl (C=O) groups is 3. The molecular formula is C78H75N15O4. The SMILES string of the molecule is Cc1ccc(C(=O)Nc2cccc(-c3cn(CCCNC(=O)c4ccc(C5=Nc6cc(-c7ccc8nc(-c9ccc(OCCCN(C)C)cc9)[nH]c8c7)ccc6C5)cc4)nn3)c2)cc1.Cc1nc2ccc(-c3ccc4nc(-c5ccc(C(=O)NCCN(C)C)cc5)[nH]c4c3)cc2[nH]1. The van der Waals surface area contributed by atoms with Gasteiger partial charge in [-0.15, -0.1) is 5.10 Å². The second kappa shape index (κ2) is 28.9. The lowest BCUT2D eigenvalue weighted by Crippen LogP contribution is -2.31. The molecule has 9 aromatic carbocycles. The number of benzene rings is 9. The minimum Gasteiger partial charge on any atom is -0.494 e. The summed E-state index contributed by atoms with van der Waals surface area (Å²) in [6, 6.07) is 63.4. The average Bonchev–Trinajstić information content (AvgIpc) is 1.68. The Bertz CT molecular complexity index is 5000. The summed E-state index contributed by atoms with van der Waals surface area (Å²) >= 11 is 0. The molecule has 14 rings (SSSR count). The van der Waals surface area contributed by atoms with Crippen LogP contribution in [0.15, 0.2) is 205 Å². The number of hydrogen-bond donors (Lipinski definition) is 6. The van der Waals surface area contributed by atoms with E-state index < -0.39 is 0 Å². The third-order valence-corrected chi connectivity index (χ3v) is 16.9. The maximum Gasteiger partial charge on any atom is 0.255 e. The first-order valence-corrected chi connectivity index (χ1v) is 32.5. The molecule has 0 unspecified atom stereocenters. The van der Waals surface area contributed by atoms with Crippen molar-refractivity contribution in [1.29, 1.82) is 0 Å². The predicted molar refractivity (Wildman–Crippen MR) is 386 cm³/mol. The highest BCUT2D eigenvalue weighted by Crippen LogP contribution is 2.36. The van der Waals surface area contributed by atoms with Crippen molar-refractivity contribution in [1.82, 2.24) is 65.3 Å². The molecule has 4 aromatic heterocycles. The van der Waals surface area contributed by atoms with Crippen LogP contribution in [-0.2, 0) is 13.0 Å². The number of aromatic nitrogens is 9. The van der Waals surface area contributed by atoms with Gasteiger partial charge in [-0.3, -0.25) is 24.1 Å². The molecule has 0 bridgehead atoms. The van der Waals surface area contributed by atoms with Crippen LogP contribution in [0.5, 0.6) is 5.75 Å². The fourth-order valence-electron chi connectivity index (χ4n) is 11.6. The van der Waals surface area contributed by atoms with Crippen LogP contribution in [0.3, 0.4) is 0 Å². The van der Waals surface area contributed by atoms with E-state index in [-0.39, 0.29) is 17.7 Å². The normalized spacial score (nSPS) is 11.9. The summed E-state index contributed by atoms with van der Waals surface area (Å²) in [7, 11) is 8.10. The first-order chi connectivity index (χ1) is 47.2.